The molecule has 0 atom stereocenters. The minimum absolute atomic E-state index is 0.0560. The Bertz CT molecular complexity index is 1030. The predicted molar refractivity (Wildman–Crippen MR) is 140 cm³/mol. The molecule has 0 bridgehead atoms. The summed E-state index contributed by atoms with van der Waals surface area (Å²) >= 11 is 0. The number of amides is 1. The number of anilines is 1. The molecule has 194 valence electrons. The molecule has 3 fully saturated rings. The molecule has 0 aromatic carbocycles. The van der Waals surface area contributed by atoms with Crippen molar-refractivity contribution in [3.63, 3.8) is 0 Å². The molecule has 4 heterocycles. The molecule has 2 saturated heterocycles. The Morgan fingerprint density at radius 1 is 0.944 bits per heavy atom. The Balaban J connectivity index is 1.09. The van der Waals surface area contributed by atoms with Crippen LogP contribution in [0.5, 0.6) is 0 Å². The first-order chi connectivity index (χ1) is 17.6. The highest BCUT2D eigenvalue weighted by molar-refractivity contribution is 5.93. The second-order valence-electron chi connectivity index (χ2n) is 10.6. The number of likely N-dealkylation sites (tertiary alicyclic amines) is 1. The Morgan fingerprint density at radius 2 is 1.69 bits per heavy atom. The van der Waals surface area contributed by atoms with E-state index in [0.29, 0.717) is 30.6 Å². The molecule has 2 aliphatic heterocycles. The molecule has 2 aromatic heterocycles. The number of nitrogens with zero attached hydrogens (tertiary/aromatic N) is 6. The van der Waals surface area contributed by atoms with Crippen molar-refractivity contribution in [1.29, 1.82) is 0 Å². The lowest BCUT2D eigenvalue weighted by molar-refractivity contribution is -0.137. The van der Waals surface area contributed by atoms with Gasteiger partial charge in [0.2, 0.25) is 5.91 Å². The third-order valence-corrected chi connectivity index (χ3v) is 8.27. The van der Waals surface area contributed by atoms with Crippen LogP contribution in [0.2, 0.25) is 0 Å². The lowest BCUT2D eigenvalue weighted by atomic mass is 9.83. The number of piperidine rings is 1. The lowest BCUT2D eigenvalue weighted by Crippen LogP contribution is -2.51. The van der Waals surface area contributed by atoms with Gasteiger partial charge in [0, 0.05) is 50.8 Å². The monoisotopic (exact) mass is 492 g/mol. The zero-order valence-corrected chi connectivity index (χ0v) is 21.6. The van der Waals surface area contributed by atoms with Crippen molar-refractivity contribution < 1.29 is 9.59 Å². The number of aromatic nitrogens is 3. The van der Waals surface area contributed by atoms with Gasteiger partial charge >= 0.3 is 0 Å². The van der Waals surface area contributed by atoms with Gasteiger partial charge in [-0.05, 0) is 63.7 Å². The molecule has 1 saturated carbocycles. The van der Waals surface area contributed by atoms with Crippen LogP contribution in [0.3, 0.4) is 0 Å². The van der Waals surface area contributed by atoms with E-state index >= 15 is 0 Å². The van der Waals surface area contributed by atoms with E-state index in [9.17, 15) is 9.59 Å². The van der Waals surface area contributed by atoms with Crippen LogP contribution in [0.1, 0.15) is 74.5 Å². The Hall–Kier alpha value is -2.74. The maximum atomic E-state index is 13.2. The molecule has 0 spiro atoms. The van der Waals surface area contributed by atoms with E-state index < -0.39 is 0 Å². The fourth-order valence-electron chi connectivity index (χ4n) is 6.09. The second kappa shape index (κ2) is 11.5. The summed E-state index contributed by atoms with van der Waals surface area (Å²) in [6, 6.07) is 6.28. The van der Waals surface area contributed by atoms with Crippen molar-refractivity contribution in [2.24, 2.45) is 5.92 Å². The number of piperazine rings is 1. The molecule has 0 N–H and O–H groups in total. The Morgan fingerprint density at radius 3 is 2.42 bits per heavy atom. The first-order valence-electron chi connectivity index (χ1n) is 13.9. The lowest BCUT2D eigenvalue weighted by Gasteiger charge is -2.41. The summed E-state index contributed by atoms with van der Waals surface area (Å²) < 4.78 is 1.87. The van der Waals surface area contributed by atoms with E-state index in [2.05, 4.69) is 24.8 Å². The maximum absolute atomic E-state index is 13.2. The molecule has 1 aliphatic carbocycles. The number of hydrogen-bond acceptors (Lipinski definition) is 6. The SMILES string of the molecule is CCC(=O)c1cccc(Cn2cc(N3CCN(C(=O)[C@H]4CC[C@H](N5CCCCC5)CC4)CC3)cn2)n1. The number of carbonyl (C=O) groups excluding carboxylic acids is 2. The summed E-state index contributed by atoms with van der Waals surface area (Å²) in [5, 5.41) is 4.52. The van der Waals surface area contributed by atoms with Crippen LogP contribution in [-0.2, 0) is 11.3 Å². The average molecular weight is 493 g/mol. The molecule has 2 aromatic rings. The summed E-state index contributed by atoms with van der Waals surface area (Å²) in [7, 11) is 0. The molecule has 3 aliphatic rings. The molecule has 1 amide bonds. The Labute approximate surface area is 214 Å². The summed E-state index contributed by atoms with van der Waals surface area (Å²) in [5.41, 5.74) is 2.42. The van der Waals surface area contributed by atoms with Crippen LogP contribution in [0.25, 0.3) is 0 Å². The molecular weight excluding hydrogens is 452 g/mol. The number of hydrogen-bond donors (Lipinski definition) is 0. The zero-order valence-electron chi connectivity index (χ0n) is 21.6. The van der Waals surface area contributed by atoms with Gasteiger partial charge in [0.05, 0.1) is 24.1 Å². The van der Waals surface area contributed by atoms with Crippen LogP contribution in [-0.4, -0.2) is 81.6 Å². The summed E-state index contributed by atoms with van der Waals surface area (Å²) in [6.07, 6.45) is 12.9. The molecular formula is C28H40N6O2. The first-order valence-corrected chi connectivity index (χ1v) is 13.9. The van der Waals surface area contributed by atoms with Gasteiger partial charge in [-0.2, -0.15) is 5.10 Å². The van der Waals surface area contributed by atoms with Crippen LogP contribution < -0.4 is 4.90 Å². The van der Waals surface area contributed by atoms with Crippen molar-refractivity contribution in [2.75, 3.05) is 44.2 Å². The van der Waals surface area contributed by atoms with E-state index in [0.717, 1.165) is 50.4 Å². The summed E-state index contributed by atoms with van der Waals surface area (Å²) in [4.78, 5) is 36.8. The van der Waals surface area contributed by atoms with Crippen LogP contribution in [0.4, 0.5) is 5.69 Å². The van der Waals surface area contributed by atoms with Gasteiger partial charge < -0.3 is 14.7 Å². The highest BCUT2D eigenvalue weighted by Gasteiger charge is 2.33. The quantitative estimate of drug-likeness (QED) is 0.550. The zero-order chi connectivity index (χ0) is 24.9. The number of rotatable bonds is 7. The molecule has 5 rings (SSSR count). The van der Waals surface area contributed by atoms with Gasteiger partial charge in [-0.15, -0.1) is 0 Å². The number of carbonyl (C=O) groups is 2. The Kier molecular flexibility index (Phi) is 7.99. The fraction of sp³-hybridized carbons (Fsp3) is 0.643. The fourth-order valence-corrected chi connectivity index (χ4v) is 6.09. The molecule has 8 nitrogen and oxygen atoms in total. The van der Waals surface area contributed by atoms with Gasteiger partial charge in [0.25, 0.3) is 0 Å². The van der Waals surface area contributed by atoms with Gasteiger partial charge in [-0.3, -0.25) is 14.3 Å². The van der Waals surface area contributed by atoms with Crippen molar-refractivity contribution in [1.82, 2.24) is 24.6 Å². The van der Waals surface area contributed by atoms with Crippen molar-refractivity contribution in [3.05, 3.63) is 42.0 Å². The molecule has 0 unspecified atom stereocenters. The van der Waals surface area contributed by atoms with Gasteiger partial charge in [-0.1, -0.05) is 19.4 Å². The third kappa shape index (κ3) is 5.80. The second-order valence-corrected chi connectivity index (χ2v) is 10.6. The highest BCUT2D eigenvalue weighted by atomic mass is 16.2. The van der Waals surface area contributed by atoms with Gasteiger partial charge in [-0.25, -0.2) is 4.98 Å². The minimum atomic E-state index is 0.0560. The van der Waals surface area contributed by atoms with Gasteiger partial charge in [0.1, 0.15) is 5.69 Å². The van der Waals surface area contributed by atoms with E-state index in [1.807, 2.05) is 36.1 Å². The van der Waals surface area contributed by atoms with Crippen molar-refractivity contribution >= 4 is 17.4 Å². The van der Waals surface area contributed by atoms with Crippen LogP contribution in [0, 0.1) is 5.92 Å². The summed E-state index contributed by atoms with van der Waals surface area (Å²) in [6.45, 7) is 8.11. The highest BCUT2D eigenvalue weighted by Crippen LogP contribution is 2.31. The molecule has 0 radical (unpaired) electrons. The predicted octanol–water partition coefficient (Wildman–Crippen LogP) is 3.61. The van der Waals surface area contributed by atoms with Crippen molar-refractivity contribution in [3.8, 4) is 0 Å². The number of ketones is 1. The molecule has 36 heavy (non-hydrogen) atoms. The van der Waals surface area contributed by atoms with Crippen LogP contribution in [0.15, 0.2) is 30.6 Å². The van der Waals surface area contributed by atoms with E-state index in [1.165, 1.54) is 45.2 Å². The average Bonchev–Trinajstić information content (AvgIpc) is 3.41. The van der Waals surface area contributed by atoms with E-state index in [-0.39, 0.29) is 11.7 Å². The largest absolute Gasteiger partial charge is 0.365 e. The standard InChI is InChI=1S/C28H40N6O2/c1-2-27(35)26-8-6-7-23(30-26)20-34-21-25(19-29-34)32-15-17-33(18-16-32)28(36)22-9-11-24(12-10-22)31-13-4-3-5-14-31/h6-8,19,21-22,24H,2-5,9-18,20H2,1H3/t22-,24-. The first kappa shape index (κ1) is 24.9. The minimum Gasteiger partial charge on any atom is -0.365 e. The third-order valence-electron chi connectivity index (χ3n) is 8.27. The maximum Gasteiger partial charge on any atom is 0.225 e. The molecule has 8 heteroatoms. The summed E-state index contributed by atoms with van der Waals surface area (Å²) in [5.74, 6) is 0.638. The smallest absolute Gasteiger partial charge is 0.225 e. The topological polar surface area (TPSA) is 74.6 Å². The van der Waals surface area contributed by atoms with Crippen LogP contribution >= 0.6 is 0 Å². The van der Waals surface area contributed by atoms with Crippen molar-refractivity contribution in [2.45, 2.75) is 70.9 Å². The van der Waals surface area contributed by atoms with E-state index in [4.69, 9.17) is 0 Å². The number of Topliss-reactive ketones (excluding diaryl/α,β-unsaturated/α-hetero) is 1. The van der Waals surface area contributed by atoms with E-state index in [1.54, 1.807) is 6.07 Å². The number of pyridine rings is 1. The van der Waals surface area contributed by atoms with Gasteiger partial charge in [0.15, 0.2) is 5.78 Å². The normalized spacial score (nSPS) is 23.6.